The Balaban J connectivity index is 1.21. The second-order valence-electron chi connectivity index (χ2n) is 13.4. The number of para-hydroxylation sites is 2. The van der Waals surface area contributed by atoms with E-state index in [2.05, 4.69) is 135 Å². The van der Waals surface area contributed by atoms with E-state index in [9.17, 15) is 0 Å². The Kier molecular flexibility index (Phi) is 6.04. The molecule has 1 atom stereocenters. The summed E-state index contributed by atoms with van der Waals surface area (Å²) in [4.78, 5) is 15.4. The van der Waals surface area contributed by atoms with Gasteiger partial charge < -0.3 is 9.13 Å². The summed E-state index contributed by atoms with van der Waals surface area (Å²) in [5, 5.41) is 3.76. The zero-order valence-electron chi connectivity index (χ0n) is 27.7. The molecule has 0 spiro atoms. The van der Waals surface area contributed by atoms with Crippen molar-refractivity contribution >= 4 is 56.1 Å². The van der Waals surface area contributed by atoms with E-state index in [0.29, 0.717) is 17.6 Å². The second kappa shape index (κ2) is 10.9. The predicted octanol–water partition coefficient (Wildman–Crippen LogP) is 10.2. The first-order valence-corrected chi connectivity index (χ1v) is 17.6. The number of hydrogen-bond donors (Lipinski definition) is 0. The summed E-state index contributed by atoms with van der Waals surface area (Å²) in [7, 11) is 0. The monoisotopic (exact) mass is 655 g/mol. The van der Waals surface area contributed by atoms with Gasteiger partial charge in [0.2, 0.25) is 11.6 Å². The van der Waals surface area contributed by atoms with Gasteiger partial charge in [-0.25, -0.2) is 0 Å². The maximum atomic E-state index is 5.19. The van der Waals surface area contributed by atoms with Crippen LogP contribution in [0.15, 0.2) is 152 Å². The lowest BCUT2D eigenvalue weighted by Crippen LogP contribution is -2.31. The number of hydrogen-bond acceptors (Lipinski definition) is 3. The van der Waals surface area contributed by atoms with E-state index in [0.717, 1.165) is 35.4 Å². The highest BCUT2D eigenvalue weighted by Crippen LogP contribution is 2.45. The maximum Gasteiger partial charge on any atom is 0.442 e. The van der Waals surface area contributed by atoms with Crippen LogP contribution >= 0.6 is 0 Å². The van der Waals surface area contributed by atoms with Gasteiger partial charge in [0, 0.05) is 44.2 Å². The van der Waals surface area contributed by atoms with Gasteiger partial charge in [-0.05, 0) is 83.5 Å². The number of aromatic nitrogens is 5. The topological polar surface area (TPSA) is 51.5 Å². The highest BCUT2D eigenvalue weighted by Gasteiger charge is 2.36. The normalized spacial score (nSPS) is 16.0. The molecule has 4 heterocycles. The number of fused-ring (bicyclic) bond motifs is 8. The minimum atomic E-state index is -0.0610. The van der Waals surface area contributed by atoms with Crippen LogP contribution in [0.2, 0.25) is 0 Å². The Morgan fingerprint density at radius 2 is 1.35 bits per heavy atom. The molecule has 0 amide bonds. The van der Waals surface area contributed by atoms with Crippen LogP contribution in [0.4, 0.5) is 11.6 Å². The molecule has 6 nitrogen and oxygen atoms in total. The zero-order chi connectivity index (χ0) is 33.5. The number of benzene rings is 5. The Bertz CT molecular complexity index is 2780. The molecule has 240 valence electrons. The van der Waals surface area contributed by atoms with Crippen molar-refractivity contribution in [2.24, 2.45) is 0 Å². The third-order valence-electron chi connectivity index (χ3n) is 10.5. The van der Waals surface area contributed by atoms with Crippen molar-refractivity contribution in [3.8, 4) is 28.5 Å². The van der Waals surface area contributed by atoms with Crippen LogP contribution in [0.25, 0.3) is 67.2 Å². The average Bonchev–Trinajstić information content (AvgIpc) is 3.71. The summed E-state index contributed by atoms with van der Waals surface area (Å²) < 4.78 is 7.26. The first-order chi connectivity index (χ1) is 25.3. The predicted molar refractivity (Wildman–Crippen MR) is 208 cm³/mol. The second-order valence-corrected chi connectivity index (χ2v) is 13.4. The van der Waals surface area contributed by atoms with Gasteiger partial charge in [-0.2, -0.15) is 9.56 Å². The minimum Gasteiger partial charge on any atom is -0.323 e. The summed E-state index contributed by atoms with van der Waals surface area (Å²) in [6, 6.07) is 42.6. The first kappa shape index (κ1) is 28.2. The number of allylic oxidation sites excluding steroid dienone is 5. The summed E-state index contributed by atoms with van der Waals surface area (Å²) in [6.45, 7) is 0. The number of nitrogens with zero attached hydrogens (tertiary/aromatic N) is 6. The first-order valence-electron chi connectivity index (χ1n) is 17.6. The third kappa shape index (κ3) is 4.17. The fourth-order valence-corrected chi connectivity index (χ4v) is 8.34. The Morgan fingerprint density at radius 1 is 0.627 bits per heavy atom. The molecule has 1 unspecified atom stereocenters. The summed E-state index contributed by atoms with van der Waals surface area (Å²) in [5.41, 5.74) is 11.6. The van der Waals surface area contributed by atoms with Crippen LogP contribution in [0, 0.1) is 0 Å². The maximum absolute atomic E-state index is 5.19. The highest BCUT2D eigenvalue weighted by molar-refractivity contribution is 6.20. The molecule has 0 radical (unpaired) electrons. The molecule has 6 heteroatoms. The molecule has 0 N–H and O–H groups in total. The molecule has 0 bridgehead atoms. The van der Waals surface area contributed by atoms with Crippen molar-refractivity contribution in [1.29, 1.82) is 0 Å². The minimum absolute atomic E-state index is 0.0610. The fourth-order valence-electron chi connectivity index (χ4n) is 8.34. The van der Waals surface area contributed by atoms with Crippen LogP contribution in [-0.2, 0) is 6.42 Å². The van der Waals surface area contributed by atoms with Gasteiger partial charge in [0.05, 0.1) is 16.6 Å². The van der Waals surface area contributed by atoms with E-state index in [4.69, 9.17) is 15.0 Å². The van der Waals surface area contributed by atoms with Gasteiger partial charge >= 0.3 is 5.95 Å². The molecular formula is C45H31N6+. The van der Waals surface area contributed by atoms with Gasteiger partial charge in [0.1, 0.15) is 17.4 Å². The molecule has 1 aliphatic heterocycles. The fraction of sp³-hybridized carbons (Fsp3) is 0.0667. The molecule has 3 aliphatic rings. The Labute approximate surface area is 294 Å². The van der Waals surface area contributed by atoms with Crippen LogP contribution in [0.5, 0.6) is 0 Å². The number of rotatable bonds is 4. The van der Waals surface area contributed by atoms with Crippen molar-refractivity contribution in [3.63, 3.8) is 0 Å². The molecule has 11 rings (SSSR count). The van der Waals surface area contributed by atoms with Crippen LogP contribution < -0.4 is 4.58 Å². The van der Waals surface area contributed by atoms with Gasteiger partial charge in [0.15, 0.2) is 0 Å². The lowest BCUT2D eigenvalue weighted by molar-refractivity contribution is 0.768. The molecule has 0 saturated heterocycles. The standard InChI is InChI=1S/C45H31N6/c1-4-15-29(16-5-1)43-46-44(30-17-6-2-7-18-30)48-45(47-43)51-38-25-13-12-24-37(38)50-41-28-40-34(27-35(41)33-22-14-26-39(51)42(33)50)32-21-10-11-23-36(32)49(40)31-19-8-3-9-20-31/h1-10,12-22,24-28,37H,11,23H2/q+1. The largest absolute Gasteiger partial charge is 0.442 e. The van der Waals surface area contributed by atoms with Gasteiger partial charge in [0.25, 0.3) is 0 Å². The molecule has 8 aromatic rings. The molecule has 0 fully saturated rings. The lowest BCUT2D eigenvalue weighted by Gasteiger charge is -2.27. The Morgan fingerprint density at radius 3 is 2.10 bits per heavy atom. The molecular weight excluding hydrogens is 625 g/mol. The van der Waals surface area contributed by atoms with Crippen molar-refractivity contribution in [3.05, 3.63) is 163 Å². The van der Waals surface area contributed by atoms with E-state index in [1.807, 2.05) is 36.4 Å². The molecule has 0 saturated carbocycles. The molecule has 51 heavy (non-hydrogen) atoms. The zero-order valence-corrected chi connectivity index (χ0v) is 27.7. The van der Waals surface area contributed by atoms with E-state index in [-0.39, 0.29) is 6.04 Å². The summed E-state index contributed by atoms with van der Waals surface area (Å²) in [6.07, 6.45) is 15.5. The SMILES string of the molecule is C1=CC2=[N+](c3nc(-c4ccccc4)nc(-c4ccccc4)n3)c3cccc4c5cc6c7c(n(-c8ccccc8)c6cc5n(c34)C2C=C1)CCC=C7. The highest BCUT2D eigenvalue weighted by atomic mass is 15.3. The van der Waals surface area contributed by atoms with Gasteiger partial charge in [-0.1, -0.05) is 97.1 Å². The van der Waals surface area contributed by atoms with E-state index in [1.54, 1.807) is 0 Å². The molecule has 2 aliphatic carbocycles. The van der Waals surface area contributed by atoms with Crippen LogP contribution in [-0.4, -0.2) is 29.8 Å². The van der Waals surface area contributed by atoms with Crippen LogP contribution in [0.3, 0.4) is 0 Å². The molecule has 3 aromatic heterocycles. The lowest BCUT2D eigenvalue weighted by atomic mass is 10.0. The van der Waals surface area contributed by atoms with Crippen molar-refractivity contribution in [2.75, 3.05) is 0 Å². The van der Waals surface area contributed by atoms with Crippen LogP contribution in [0.1, 0.15) is 23.7 Å². The van der Waals surface area contributed by atoms with Crippen molar-refractivity contribution in [2.45, 2.75) is 18.9 Å². The van der Waals surface area contributed by atoms with E-state index >= 15 is 0 Å². The smallest absolute Gasteiger partial charge is 0.323 e. The van der Waals surface area contributed by atoms with E-state index in [1.165, 1.54) is 49.7 Å². The van der Waals surface area contributed by atoms with Crippen molar-refractivity contribution in [1.82, 2.24) is 28.7 Å². The quantitative estimate of drug-likeness (QED) is 0.177. The van der Waals surface area contributed by atoms with Gasteiger partial charge in [-0.15, -0.1) is 0 Å². The molecule has 5 aromatic carbocycles. The summed E-state index contributed by atoms with van der Waals surface area (Å²) in [5.74, 6) is 1.89. The van der Waals surface area contributed by atoms with E-state index < -0.39 is 0 Å². The summed E-state index contributed by atoms with van der Waals surface area (Å²) >= 11 is 0. The third-order valence-corrected chi connectivity index (χ3v) is 10.5. The van der Waals surface area contributed by atoms with Crippen molar-refractivity contribution < 1.29 is 0 Å². The Hall–Kier alpha value is -6.66. The average molecular weight is 656 g/mol. The van der Waals surface area contributed by atoms with Gasteiger partial charge in [-0.3, -0.25) is 0 Å².